The minimum absolute atomic E-state index is 0.472. The van der Waals surface area contributed by atoms with Crippen LogP contribution in [-0.2, 0) is 0 Å². The quantitative estimate of drug-likeness (QED) is 0.795. The number of hydrogen-bond acceptors (Lipinski definition) is 2. The lowest BCUT2D eigenvalue weighted by molar-refractivity contribution is 0.209. The van der Waals surface area contributed by atoms with Crippen molar-refractivity contribution in [3.63, 3.8) is 0 Å². The van der Waals surface area contributed by atoms with E-state index in [1.807, 2.05) is 0 Å². The van der Waals surface area contributed by atoms with Crippen LogP contribution in [0.4, 0.5) is 0 Å². The fraction of sp³-hybridized carbons (Fsp3) is 1.00. The zero-order chi connectivity index (χ0) is 13.1. The Bertz CT molecular complexity index is 217. The zero-order valence-corrected chi connectivity index (χ0v) is 12.7. The maximum Gasteiger partial charge on any atom is 0.0217 e. The van der Waals surface area contributed by atoms with Crippen molar-refractivity contribution in [3.05, 3.63) is 0 Å². The summed E-state index contributed by atoms with van der Waals surface area (Å²) in [5.41, 5.74) is 0.472. The number of rotatable bonds is 5. The molecule has 1 rings (SSSR count). The van der Waals surface area contributed by atoms with Gasteiger partial charge in [0.2, 0.25) is 0 Å². The Morgan fingerprint density at radius 3 is 2.35 bits per heavy atom. The first-order chi connectivity index (χ1) is 7.84. The van der Waals surface area contributed by atoms with Crippen LogP contribution in [0.1, 0.15) is 48.0 Å². The molecule has 0 aromatic carbocycles. The molecule has 2 unspecified atom stereocenters. The second kappa shape index (κ2) is 6.19. The highest BCUT2D eigenvalue weighted by Gasteiger charge is 2.32. The smallest absolute Gasteiger partial charge is 0.0217 e. The van der Waals surface area contributed by atoms with E-state index in [0.29, 0.717) is 11.5 Å². The van der Waals surface area contributed by atoms with Crippen molar-refractivity contribution in [2.45, 2.75) is 54.0 Å². The monoisotopic (exact) mass is 240 g/mol. The molecule has 17 heavy (non-hydrogen) atoms. The van der Waals surface area contributed by atoms with E-state index in [2.05, 4.69) is 51.8 Å². The van der Waals surface area contributed by atoms with Crippen LogP contribution in [0.2, 0.25) is 0 Å². The molecule has 0 aliphatic carbocycles. The molecule has 0 bridgehead atoms. The molecule has 0 saturated carbocycles. The van der Waals surface area contributed by atoms with Gasteiger partial charge in [0.05, 0.1) is 0 Å². The molecule has 1 fully saturated rings. The summed E-state index contributed by atoms with van der Waals surface area (Å²) in [5, 5.41) is 3.62. The van der Waals surface area contributed by atoms with Crippen molar-refractivity contribution in [1.82, 2.24) is 10.2 Å². The lowest BCUT2D eigenvalue weighted by Gasteiger charge is -2.30. The van der Waals surface area contributed by atoms with Gasteiger partial charge in [0.1, 0.15) is 0 Å². The Labute approximate surface area is 108 Å². The van der Waals surface area contributed by atoms with Gasteiger partial charge in [-0.05, 0) is 36.8 Å². The Kier molecular flexibility index (Phi) is 5.46. The summed E-state index contributed by atoms with van der Waals surface area (Å²) in [6, 6.07) is 0.652. The molecule has 2 heteroatoms. The molecule has 1 N–H and O–H groups in total. The molecule has 2 nitrogen and oxygen atoms in total. The van der Waals surface area contributed by atoms with E-state index in [9.17, 15) is 0 Å². The van der Waals surface area contributed by atoms with Crippen molar-refractivity contribution in [3.8, 4) is 0 Å². The predicted molar refractivity (Wildman–Crippen MR) is 76.3 cm³/mol. The largest absolute Gasteiger partial charge is 0.313 e. The van der Waals surface area contributed by atoms with Gasteiger partial charge in [-0.15, -0.1) is 0 Å². The lowest BCUT2D eigenvalue weighted by atomic mass is 9.80. The first kappa shape index (κ1) is 15.0. The van der Waals surface area contributed by atoms with E-state index in [1.165, 1.54) is 26.1 Å². The highest BCUT2D eigenvalue weighted by molar-refractivity contribution is 4.86. The van der Waals surface area contributed by atoms with Crippen LogP contribution in [0.15, 0.2) is 0 Å². The molecule has 102 valence electrons. The van der Waals surface area contributed by atoms with Gasteiger partial charge in [0.15, 0.2) is 0 Å². The third-order valence-corrected chi connectivity index (χ3v) is 4.22. The van der Waals surface area contributed by atoms with Crippen molar-refractivity contribution in [1.29, 1.82) is 0 Å². The summed E-state index contributed by atoms with van der Waals surface area (Å²) >= 11 is 0. The van der Waals surface area contributed by atoms with Crippen molar-refractivity contribution < 1.29 is 0 Å². The molecule has 0 radical (unpaired) electrons. The van der Waals surface area contributed by atoms with E-state index in [1.54, 1.807) is 0 Å². The van der Waals surface area contributed by atoms with E-state index in [-0.39, 0.29) is 0 Å². The van der Waals surface area contributed by atoms with Crippen LogP contribution in [0, 0.1) is 17.3 Å². The van der Waals surface area contributed by atoms with Gasteiger partial charge in [-0.25, -0.2) is 0 Å². The summed E-state index contributed by atoms with van der Waals surface area (Å²) in [6.07, 6.45) is 1.38. The van der Waals surface area contributed by atoms with Gasteiger partial charge in [-0.2, -0.15) is 0 Å². The van der Waals surface area contributed by atoms with E-state index >= 15 is 0 Å². The van der Waals surface area contributed by atoms with Gasteiger partial charge in [-0.3, -0.25) is 0 Å². The second-order valence-corrected chi connectivity index (χ2v) is 7.02. The molecule has 2 atom stereocenters. The summed E-state index contributed by atoms with van der Waals surface area (Å²) < 4.78 is 0. The van der Waals surface area contributed by atoms with Crippen LogP contribution in [0.25, 0.3) is 0 Å². The number of hydrogen-bond donors (Lipinski definition) is 1. The van der Waals surface area contributed by atoms with Gasteiger partial charge in [-0.1, -0.05) is 41.5 Å². The fourth-order valence-corrected chi connectivity index (χ4v) is 2.76. The molecule has 1 aliphatic rings. The van der Waals surface area contributed by atoms with Gasteiger partial charge < -0.3 is 10.2 Å². The molecule has 0 spiro atoms. The fourth-order valence-electron chi connectivity index (χ4n) is 2.76. The van der Waals surface area contributed by atoms with Crippen LogP contribution in [-0.4, -0.2) is 37.1 Å². The second-order valence-electron chi connectivity index (χ2n) is 7.02. The summed E-state index contributed by atoms with van der Waals surface area (Å²) in [5.74, 6) is 1.60. The first-order valence-electron chi connectivity index (χ1n) is 7.30. The lowest BCUT2D eigenvalue weighted by Crippen LogP contribution is -2.43. The topological polar surface area (TPSA) is 15.3 Å². The number of likely N-dealkylation sites (tertiary alicyclic amines) is 1. The Hall–Kier alpha value is -0.0800. The maximum absolute atomic E-state index is 3.62. The van der Waals surface area contributed by atoms with Crippen LogP contribution < -0.4 is 5.32 Å². The molecular weight excluding hydrogens is 208 g/mol. The summed E-state index contributed by atoms with van der Waals surface area (Å²) in [6.45, 7) is 18.9. The van der Waals surface area contributed by atoms with Crippen LogP contribution in [0.3, 0.4) is 0 Å². The minimum Gasteiger partial charge on any atom is -0.313 e. The average Bonchev–Trinajstić information content (AvgIpc) is 2.64. The van der Waals surface area contributed by atoms with Crippen LogP contribution >= 0.6 is 0 Å². The first-order valence-corrected chi connectivity index (χ1v) is 7.30. The molecule has 0 amide bonds. The maximum atomic E-state index is 3.62. The van der Waals surface area contributed by atoms with Crippen molar-refractivity contribution in [2.24, 2.45) is 17.3 Å². The third-order valence-electron chi connectivity index (χ3n) is 4.22. The Morgan fingerprint density at radius 2 is 1.94 bits per heavy atom. The highest BCUT2D eigenvalue weighted by atomic mass is 15.2. The standard InChI is InChI=1S/C15H32N2/c1-7-16-14(12(2)3)11-17-9-8-13(10-17)15(4,5)6/h12-14,16H,7-11H2,1-6H3. The van der Waals surface area contributed by atoms with Crippen LogP contribution in [0.5, 0.6) is 0 Å². The molecular formula is C15H32N2. The third kappa shape index (κ3) is 4.59. The van der Waals surface area contributed by atoms with E-state index in [4.69, 9.17) is 0 Å². The van der Waals surface area contributed by atoms with E-state index in [0.717, 1.165) is 18.4 Å². The Morgan fingerprint density at radius 1 is 1.29 bits per heavy atom. The van der Waals surface area contributed by atoms with Crippen molar-refractivity contribution >= 4 is 0 Å². The SMILES string of the molecule is CCNC(CN1CCC(C(C)(C)C)C1)C(C)C. The Balaban J connectivity index is 2.43. The summed E-state index contributed by atoms with van der Waals surface area (Å²) in [7, 11) is 0. The summed E-state index contributed by atoms with van der Waals surface area (Å²) in [4.78, 5) is 2.66. The van der Waals surface area contributed by atoms with Crippen molar-refractivity contribution in [2.75, 3.05) is 26.2 Å². The van der Waals surface area contributed by atoms with Gasteiger partial charge >= 0.3 is 0 Å². The zero-order valence-electron chi connectivity index (χ0n) is 12.7. The van der Waals surface area contributed by atoms with Gasteiger partial charge in [0.25, 0.3) is 0 Å². The molecule has 0 aromatic rings. The molecule has 1 heterocycles. The molecule has 1 saturated heterocycles. The van der Waals surface area contributed by atoms with Gasteiger partial charge in [0, 0.05) is 19.1 Å². The van der Waals surface area contributed by atoms with E-state index < -0.39 is 0 Å². The number of nitrogens with zero attached hydrogens (tertiary/aromatic N) is 1. The number of nitrogens with one attached hydrogen (secondary N) is 1. The number of likely N-dealkylation sites (N-methyl/N-ethyl adjacent to an activating group) is 1. The minimum atomic E-state index is 0.472. The predicted octanol–water partition coefficient (Wildman–Crippen LogP) is 2.99. The molecule has 1 aliphatic heterocycles. The average molecular weight is 240 g/mol. The normalized spacial score (nSPS) is 24.5. The molecule has 0 aromatic heterocycles. The highest BCUT2D eigenvalue weighted by Crippen LogP contribution is 2.33.